The molecular formula is C11H21NO3. The Kier molecular flexibility index (Phi) is 9.07. The molecule has 0 aliphatic carbocycles. The van der Waals surface area contributed by atoms with Gasteiger partial charge in [-0.3, -0.25) is 4.79 Å². The first-order valence-electron chi connectivity index (χ1n) is 5.50. The maximum atomic E-state index is 11.2. The molecule has 4 heteroatoms. The van der Waals surface area contributed by atoms with Crippen LogP contribution in [0.15, 0.2) is 0 Å². The van der Waals surface area contributed by atoms with Gasteiger partial charge in [-0.1, -0.05) is 6.92 Å². The van der Waals surface area contributed by atoms with Gasteiger partial charge in [0.2, 0.25) is 5.91 Å². The third-order valence-corrected chi connectivity index (χ3v) is 1.85. The Morgan fingerprint density at radius 3 is 2.53 bits per heavy atom. The van der Waals surface area contributed by atoms with Crippen molar-refractivity contribution >= 4 is 11.7 Å². The van der Waals surface area contributed by atoms with E-state index in [1.54, 1.807) is 0 Å². The number of ether oxygens (including phenoxy) is 1. The van der Waals surface area contributed by atoms with Crippen LogP contribution in [0.5, 0.6) is 0 Å². The highest BCUT2D eigenvalue weighted by molar-refractivity contribution is 5.78. The first-order valence-corrected chi connectivity index (χ1v) is 5.50. The van der Waals surface area contributed by atoms with Gasteiger partial charge >= 0.3 is 0 Å². The predicted molar refractivity (Wildman–Crippen MR) is 58.7 cm³/mol. The molecule has 0 aromatic rings. The lowest BCUT2D eigenvalue weighted by molar-refractivity contribution is -0.121. The van der Waals surface area contributed by atoms with Crippen molar-refractivity contribution in [3.8, 4) is 0 Å². The van der Waals surface area contributed by atoms with Crippen LogP contribution >= 0.6 is 0 Å². The lowest BCUT2D eigenvalue weighted by Gasteiger charge is -2.05. The van der Waals surface area contributed by atoms with E-state index in [2.05, 4.69) is 5.32 Å². The lowest BCUT2D eigenvalue weighted by Crippen LogP contribution is -2.27. The molecule has 0 radical (unpaired) electrons. The molecule has 1 N–H and O–H groups in total. The number of carbonyl (C=O) groups excluding carboxylic acids is 2. The minimum atomic E-state index is -0.00338. The molecule has 0 aliphatic heterocycles. The third-order valence-electron chi connectivity index (χ3n) is 1.85. The number of rotatable bonds is 9. The van der Waals surface area contributed by atoms with Crippen molar-refractivity contribution in [3.63, 3.8) is 0 Å². The van der Waals surface area contributed by atoms with Crippen LogP contribution in [-0.4, -0.2) is 31.4 Å². The van der Waals surface area contributed by atoms with Gasteiger partial charge in [0.25, 0.3) is 0 Å². The van der Waals surface area contributed by atoms with Gasteiger partial charge in [0.1, 0.15) is 5.78 Å². The Morgan fingerprint density at radius 1 is 1.20 bits per heavy atom. The predicted octanol–water partition coefficient (Wildman–Crippen LogP) is 1.29. The minimum Gasteiger partial charge on any atom is -0.380 e. The van der Waals surface area contributed by atoms with Crippen molar-refractivity contribution in [1.82, 2.24) is 5.32 Å². The molecule has 0 saturated heterocycles. The van der Waals surface area contributed by atoms with Gasteiger partial charge in [-0.2, -0.15) is 0 Å². The maximum Gasteiger partial charge on any atom is 0.220 e. The van der Waals surface area contributed by atoms with Gasteiger partial charge in [0.05, 0.1) is 6.61 Å². The molecule has 1 amide bonds. The summed E-state index contributed by atoms with van der Waals surface area (Å²) in [5, 5.41) is 2.74. The number of hydrogen-bond acceptors (Lipinski definition) is 3. The van der Waals surface area contributed by atoms with Crippen LogP contribution in [0.25, 0.3) is 0 Å². The van der Waals surface area contributed by atoms with Crippen molar-refractivity contribution in [2.45, 2.75) is 39.5 Å². The topological polar surface area (TPSA) is 55.4 Å². The highest BCUT2D eigenvalue weighted by atomic mass is 16.5. The highest BCUT2D eigenvalue weighted by Crippen LogP contribution is 1.95. The Morgan fingerprint density at radius 2 is 1.93 bits per heavy atom. The summed E-state index contributed by atoms with van der Waals surface area (Å²) in [4.78, 5) is 21.8. The smallest absolute Gasteiger partial charge is 0.220 e. The van der Waals surface area contributed by atoms with E-state index in [9.17, 15) is 9.59 Å². The van der Waals surface area contributed by atoms with E-state index in [1.807, 2.05) is 6.92 Å². The summed E-state index contributed by atoms with van der Waals surface area (Å²) in [5.41, 5.74) is 0. The lowest BCUT2D eigenvalue weighted by atomic mass is 10.2. The maximum absolute atomic E-state index is 11.2. The zero-order valence-electron chi connectivity index (χ0n) is 9.67. The summed E-state index contributed by atoms with van der Waals surface area (Å²) in [6.45, 7) is 5.43. The third kappa shape index (κ3) is 11.0. The van der Waals surface area contributed by atoms with E-state index >= 15 is 0 Å². The van der Waals surface area contributed by atoms with Crippen molar-refractivity contribution in [1.29, 1.82) is 0 Å². The molecule has 15 heavy (non-hydrogen) atoms. The zero-order valence-corrected chi connectivity index (χ0v) is 9.67. The molecule has 0 rings (SSSR count). The van der Waals surface area contributed by atoms with E-state index in [4.69, 9.17) is 4.74 Å². The van der Waals surface area contributed by atoms with E-state index < -0.39 is 0 Å². The van der Waals surface area contributed by atoms with Gasteiger partial charge in [-0.15, -0.1) is 0 Å². The van der Waals surface area contributed by atoms with Gasteiger partial charge in [-0.05, 0) is 19.8 Å². The molecule has 4 nitrogen and oxygen atoms in total. The molecule has 88 valence electrons. The highest BCUT2D eigenvalue weighted by Gasteiger charge is 2.01. The molecule has 0 aliphatic rings. The van der Waals surface area contributed by atoms with Gasteiger partial charge < -0.3 is 14.8 Å². The second kappa shape index (κ2) is 9.65. The summed E-state index contributed by atoms with van der Waals surface area (Å²) in [6, 6.07) is 0. The van der Waals surface area contributed by atoms with Crippen molar-refractivity contribution < 1.29 is 14.3 Å². The largest absolute Gasteiger partial charge is 0.380 e. The Labute approximate surface area is 91.4 Å². The quantitative estimate of drug-likeness (QED) is 0.590. The zero-order chi connectivity index (χ0) is 11.5. The van der Waals surface area contributed by atoms with Crippen LogP contribution in [0.2, 0.25) is 0 Å². The molecule has 0 unspecified atom stereocenters. The first kappa shape index (κ1) is 14.1. The number of Topliss-reactive ketones (excluding diaryl/α,β-unsaturated/α-hetero) is 1. The molecule has 0 aromatic heterocycles. The van der Waals surface area contributed by atoms with E-state index in [-0.39, 0.29) is 11.7 Å². The molecule has 0 fully saturated rings. The Hall–Kier alpha value is -0.900. The summed E-state index contributed by atoms with van der Waals surface area (Å²) >= 11 is 0. The number of nitrogens with one attached hydrogen (secondary N) is 1. The second-order valence-corrected chi connectivity index (χ2v) is 3.52. The van der Waals surface area contributed by atoms with Gasteiger partial charge in [0, 0.05) is 26.0 Å². The van der Waals surface area contributed by atoms with Crippen molar-refractivity contribution in [2.24, 2.45) is 0 Å². The fourth-order valence-corrected chi connectivity index (χ4v) is 1.10. The summed E-state index contributed by atoms with van der Waals surface area (Å²) in [7, 11) is 0. The van der Waals surface area contributed by atoms with E-state index in [1.165, 1.54) is 6.92 Å². The van der Waals surface area contributed by atoms with Crippen LogP contribution in [0.4, 0.5) is 0 Å². The fourth-order valence-electron chi connectivity index (χ4n) is 1.10. The number of carbonyl (C=O) groups is 2. The van der Waals surface area contributed by atoms with Gasteiger partial charge in [0.15, 0.2) is 0 Å². The summed E-state index contributed by atoms with van der Waals surface area (Å²) in [5.74, 6) is 0.130. The monoisotopic (exact) mass is 215 g/mol. The molecule has 0 heterocycles. The number of hydrogen-bond donors (Lipinski definition) is 1. The fraction of sp³-hybridized carbons (Fsp3) is 0.818. The SMILES string of the molecule is CCCOCCNC(=O)CCCC(C)=O. The average Bonchev–Trinajstić information content (AvgIpc) is 2.17. The number of amides is 1. The molecule has 0 aromatic carbocycles. The summed E-state index contributed by atoms with van der Waals surface area (Å²) < 4.78 is 5.21. The van der Waals surface area contributed by atoms with Gasteiger partial charge in [-0.25, -0.2) is 0 Å². The molecule has 0 saturated carbocycles. The van der Waals surface area contributed by atoms with Crippen LogP contribution in [0.1, 0.15) is 39.5 Å². The molecule has 0 atom stereocenters. The molecular weight excluding hydrogens is 194 g/mol. The Bertz CT molecular complexity index is 192. The van der Waals surface area contributed by atoms with Crippen LogP contribution in [-0.2, 0) is 14.3 Å². The second-order valence-electron chi connectivity index (χ2n) is 3.52. The Balaban J connectivity index is 3.22. The van der Waals surface area contributed by atoms with Crippen LogP contribution < -0.4 is 5.32 Å². The van der Waals surface area contributed by atoms with Crippen LogP contribution in [0.3, 0.4) is 0 Å². The van der Waals surface area contributed by atoms with E-state index in [0.29, 0.717) is 32.4 Å². The van der Waals surface area contributed by atoms with Crippen LogP contribution in [0, 0.1) is 0 Å². The molecule has 0 bridgehead atoms. The summed E-state index contributed by atoms with van der Waals surface area (Å²) in [6.07, 6.45) is 2.54. The standard InChI is InChI=1S/C11H21NO3/c1-3-8-15-9-7-12-11(14)6-4-5-10(2)13/h3-9H2,1-2H3,(H,12,14). The average molecular weight is 215 g/mol. The van der Waals surface area contributed by atoms with Crippen molar-refractivity contribution in [2.75, 3.05) is 19.8 Å². The first-order chi connectivity index (χ1) is 7.16. The van der Waals surface area contributed by atoms with Crippen molar-refractivity contribution in [3.05, 3.63) is 0 Å². The minimum absolute atomic E-state index is 0.00338. The van der Waals surface area contributed by atoms with E-state index in [0.717, 1.165) is 13.0 Å². The molecule has 0 spiro atoms. The normalized spacial score (nSPS) is 10.0. The number of ketones is 1.